The van der Waals surface area contributed by atoms with E-state index in [9.17, 15) is 12.8 Å². The van der Waals surface area contributed by atoms with Crippen LogP contribution in [-0.2, 0) is 10.2 Å². The molecular formula is C11H17FN2O2S2. The van der Waals surface area contributed by atoms with E-state index in [0.717, 1.165) is 21.4 Å². The molecule has 7 heteroatoms. The number of thioether (sulfide) groups is 1. The summed E-state index contributed by atoms with van der Waals surface area (Å²) in [5.41, 5.74) is 0. The van der Waals surface area contributed by atoms with Crippen molar-refractivity contribution in [2.75, 3.05) is 26.4 Å². The summed E-state index contributed by atoms with van der Waals surface area (Å²) in [6.07, 6.45) is 0.717. The molecule has 0 unspecified atom stereocenters. The van der Waals surface area contributed by atoms with Crippen molar-refractivity contribution in [3.63, 3.8) is 0 Å². The molecule has 18 heavy (non-hydrogen) atoms. The first kappa shape index (κ1) is 15.4. The van der Waals surface area contributed by atoms with E-state index in [1.165, 1.54) is 26.2 Å². The number of nitrogens with one attached hydrogen (secondary N) is 1. The zero-order valence-corrected chi connectivity index (χ0v) is 12.0. The highest BCUT2D eigenvalue weighted by atomic mass is 32.2. The molecule has 4 nitrogen and oxygen atoms in total. The van der Waals surface area contributed by atoms with E-state index in [2.05, 4.69) is 4.72 Å². The average molecular weight is 292 g/mol. The third-order valence-corrected chi connectivity index (χ3v) is 4.80. The third kappa shape index (κ3) is 5.34. The average Bonchev–Trinajstić information content (AvgIpc) is 2.31. The summed E-state index contributed by atoms with van der Waals surface area (Å²) >= 11 is 1.57. The Morgan fingerprint density at radius 2 is 1.89 bits per heavy atom. The van der Waals surface area contributed by atoms with Gasteiger partial charge in [0.15, 0.2) is 0 Å². The molecule has 1 aromatic carbocycles. The first-order valence-electron chi connectivity index (χ1n) is 5.47. The molecule has 0 aliphatic carbocycles. The van der Waals surface area contributed by atoms with Gasteiger partial charge in [0.05, 0.1) is 0 Å². The van der Waals surface area contributed by atoms with Crippen molar-refractivity contribution in [2.45, 2.75) is 11.3 Å². The maximum absolute atomic E-state index is 12.6. The van der Waals surface area contributed by atoms with Gasteiger partial charge in [0.25, 0.3) is 10.2 Å². The Morgan fingerprint density at radius 3 is 2.44 bits per heavy atom. The van der Waals surface area contributed by atoms with Gasteiger partial charge in [0.1, 0.15) is 5.82 Å². The van der Waals surface area contributed by atoms with Crippen LogP contribution >= 0.6 is 11.8 Å². The molecule has 1 rings (SSSR count). The van der Waals surface area contributed by atoms with Crippen LogP contribution in [0.15, 0.2) is 29.2 Å². The largest absolute Gasteiger partial charge is 0.278 e. The van der Waals surface area contributed by atoms with E-state index < -0.39 is 10.2 Å². The summed E-state index contributed by atoms with van der Waals surface area (Å²) in [5, 5.41) is 0. The second-order valence-electron chi connectivity index (χ2n) is 3.84. The molecule has 0 fully saturated rings. The van der Waals surface area contributed by atoms with Crippen LogP contribution in [0.2, 0.25) is 0 Å². The maximum atomic E-state index is 12.6. The number of hydrogen-bond acceptors (Lipinski definition) is 3. The van der Waals surface area contributed by atoms with Gasteiger partial charge in [-0.25, -0.2) is 9.11 Å². The lowest BCUT2D eigenvalue weighted by Gasteiger charge is -2.11. The van der Waals surface area contributed by atoms with Crippen molar-refractivity contribution in [1.82, 2.24) is 9.03 Å². The normalized spacial score (nSPS) is 12.0. The fraction of sp³-hybridized carbons (Fsp3) is 0.455. The summed E-state index contributed by atoms with van der Waals surface area (Å²) in [4.78, 5) is 0.979. The summed E-state index contributed by atoms with van der Waals surface area (Å²) in [6.45, 7) is 0.398. The quantitative estimate of drug-likeness (QED) is 0.615. The lowest BCUT2D eigenvalue weighted by atomic mass is 10.4. The minimum absolute atomic E-state index is 0.252. The van der Waals surface area contributed by atoms with Crippen LogP contribution in [0, 0.1) is 5.82 Å². The number of benzene rings is 1. The molecule has 102 valence electrons. The molecule has 0 saturated heterocycles. The van der Waals surface area contributed by atoms with Gasteiger partial charge in [0.2, 0.25) is 0 Å². The molecule has 0 saturated carbocycles. The maximum Gasteiger partial charge on any atom is 0.278 e. The van der Waals surface area contributed by atoms with Crippen LogP contribution in [0.1, 0.15) is 6.42 Å². The zero-order valence-electron chi connectivity index (χ0n) is 10.4. The topological polar surface area (TPSA) is 49.4 Å². The van der Waals surface area contributed by atoms with Gasteiger partial charge in [-0.2, -0.15) is 12.7 Å². The fourth-order valence-corrected chi connectivity index (χ4v) is 2.64. The Bertz CT molecular complexity index is 460. The fourth-order valence-electron chi connectivity index (χ4n) is 1.12. The molecule has 1 aromatic rings. The molecular weight excluding hydrogens is 275 g/mol. The van der Waals surface area contributed by atoms with Crippen molar-refractivity contribution < 1.29 is 12.8 Å². The highest BCUT2D eigenvalue weighted by Crippen LogP contribution is 2.18. The van der Waals surface area contributed by atoms with Gasteiger partial charge in [-0.3, -0.25) is 0 Å². The standard InChI is InChI=1S/C11H17FN2O2S2/c1-14(2)18(15,16)13-8-3-9-17-11-6-4-10(12)5-7-11/h4-7,13H,3,8-9H2,1-2H3. The van der Waals surface area contributed by atoms with Crippen LogP contribution in [0.4, 0.5) is 4.39 Å². The highest BCUT2D eigenvalue weighted by molar-refractivity contribution is 7.99. The zero-order chi connectivity index (χ0) is 13.6. The molecule has 0 heterocycles. The van der Waals surface area contributed by atoms with E-state index in [1.54, 1.807) is 23.9 Å². The van der Waals surface area contributed by atoms with Crippen molar-refractivity contribution in [3.05, 3.63) is 30.1 Å². The smallest absolute Gasteiger partial charge is 0.207 e. The van der Waals surface area contributed by atoms with Crippen LogP contribution < -0.4 is 4.72 Å². The predicted molar refractivity (Wildman–Crippen MR) is 72.4 cm³/mol. The molecule has 0 aromatic heterocycles. The first-order chi connectivity index (χ1) is 8.42. The summed E-state index contributed by atoms with van der Waals surface area (Å²) in [7, 11) is -0.361. The highest BCUT2D eigenvalue weighted by Gasteiger charge is 2.10. The van der Waals surface area contributed by atoms with Gasteiger partial charge >= 0.3 is 0 Å². The monoisotopic (exact) mass is 292 g/mol. The van der Waals surface area contributed by atoms with E-state index in [-0.39, 0.29) is 5.82 Å². The molecule has 1 N–H and O–H groups in total. The minimum atomic E-state index is -3.32. The predicted octanol–water partition coefficient (Wildman–Crippen LogP) is 1.70. The van der Waals surface area contributed by atoms with Crippen LogP contribution in [0.25, 0.3) is 0 Å². The van der Waals surface area contributed by atoms with Crippen molar-refractivity contribution in [2.24, 2.45) is 0 Å². The Labute approximate surface area is 112 Å². The van der Waals surface area contributed by atoms with E-state index in [4.69, 9.17) is 0 Å². The second-order valence-corrected chi connectivity index (χ2v) is 6.98. The van der Waals surface area contributed by atoms with Crippen molar-refractivity contribution >= 4 is 22.0 Å². The summed E-state index contributed by atoms with van der Waals surface area (Å²) in [6, 6.07) is 6.25. The van der Waals surface area contributed by atoms with Crippen LogP contribution in [0.5, 0.6) is 0 Å². The van der Waals surface area contributed by atoms with E-state index in [1.807, 2.05) is 0 Å². The third-order valence-electron chi connectivity index (χ3n) is 2.17. The Balaban J connectivity index is 2.22. The second kappa shape index (κ2) is 7.08. The number of hydrogen-bond donors (Lipinski definition) is 1. The molecule has 0 amide bonds. The van der Waals surface area contributed by atoms with Crippen molar-refractivity contribution in [3.8, 4) is 0 Å². The van der Waals surface area contributed by atoms with Crippen LogP contribution in [-0.4, -0.2) is 39.1 Å². The van der Waals surface area contributed by atoms with E-state index in [0.29, 0.717) is 6.54 Å². The lowest BCUT2D eigenvalue weighted by Crippen LogP contribution is -2.36. The molecule has 0 aliphatic heterocycles. The van der Waals surface area contributed by atoms with Gasteiger partial charge in [-0.15, -0.1) is 11.8 Å². The molecule has 0 atom stereocenters. The summed E-state index contributed by atoms with van der Waals surface area (Å²) in [5.74, 6) is 0.528. The lowest BCUT2D eigenvalue weighted by molar-refractivity contribution is 0.505. The van der Waals surface area contributed by atoms with Gasteiger partial charge in [-0.05, 0) is 36.4 Å². The van der Waals surface area contributed by atoms with Gasteiger partial charge in [-0.1, -0.05) is 0 Å². The number of halogens is 1. The molecule has 0 spiro atoms. The Morgan fingerprint density at radius 1 is 1.28 bits per heavy atom. The Hall–Kier alpha value is -0.630. The number of nitrogens with zero attached hydrogens (tertiary/aromatic N) is 1. The molecule has 0 bridgehead atoms. The summed E-state index contributed by atoms with van der Waals surface area (Å²) < 4.78 is 39.0. The first-order valence-corrected chi connectivity index (χ1v) is 7.90. The SMILES string of the molecule is CN(C)S(=O)(=O)NCCCSc1ccc(F)cc1. The minimum Gasteiger partial charge on any atom is -0.207 e. The van der Waals surface area contributed by atoms with Gasteiger partial charge < -0.3 is 0 Å². The Kier molecular flexibility index (Phi) is 6.07. The molecule has 0 aliphatic rings. The molecule has 0 radical (unpaired) electrons. The van der Waals surface area contributed by atoms with Crippen LogP contribution in [0.3, 0.4) is 0 Å². The van der Waals surface area contributed by atoms with E-state index >= 15 is 0 Å². The van der Waals surface area contributed by atoms with Gasteiger partial charge in [0, 0.05) is 25.5 Å². The van der Waals surface area contributed by atoms with Crippen molar-refractivity contribution in [1.29, 1.82) is 0 Å². The number of rotatable bonds is 7.